The molecule has 32 heavy (non-hydrogen) atoms. The molecule has 2 rings (SSSR count). The highest BCUT2D eigenvalue weighted by Crippen LogP contribution is 2.24. The molecule has 1 aromatic carbocycles. The van der Waals surface area contributed by atoms with Crippen LogP contribution in [0.1, 0.15) is 23.7 Å². The third kappa shape index (κ3) is 6.71. The zero-order valence-corrected chi connectivity index (χ0v) is 19.4. The molecule has 0 spiro atoms. The third-order valence-corrected chi connectivity index (χ3v) is 5.32. The van der Waals surface area contributed by atoms with Crippen molar-refractivity contribution in [3.8, 4) is 6.07 Å². The van der Waals surface area contributed by atoms with Gasteiger partial charge >= 0.3 is 0 Å². The zero-order chi connectivity index (χ0) is 23.8. The van der Waals surface area contributed by atoms with Crippen LogP contribution in [0, 0.1) is 17.2 Å². The molecule has 1 aliphatic heterocycles. The Hall–Kier alpha value is -3.08. The molecule has 9 heteroatoms. The van der Waals surface area contributed by atoms with Crippen LogP contribution in [0.5, 0.6) is 0 Å². The van der Waals surface area contributed by atoms with Gasteiger partial charge in [0.15, 0.2) is 0 Å². The number of nitrogens with one attached hydrogen (secondary N) is 1. The molecular weight excluding hydrogens is 451 g/mol. The number of nitrogens with zero attached hydrogens (tertiary/aromatic N) is 3. The van der Waals surface area contributed by atoms with Gasteiger partial charge in [-0.2, -0.15) is 5.26 Å². The number of amides is 3. The van der Waals surface area contributed by atoms with Gasteiger partial charge in [0.1, 0.15) is 6.04 Å². The highest BCUT2D eigenvalue weighted by Gasteiger charge is 2.39. The van der Waals surface area contributed by atoms with Crippen molar-refractivity contribution in [3.63, 3.8) is 0 Å². The van der Waals surface area contributed by atoms with Gasteiger partial charge in [-0.1, -0.05) is 48.0 Å². The quantitative estimate of drug-likeness (QED) is 0.611. The van der Waals surface area contributed by atoms with Gasteiger partial charge in [-0.25, -0.2) is 0 Å². The van der Waals surface area contributed by atoms with E-state index in [1.54, 1.807) is 31.2 Å². The molecule has 1 fully saturated rings. The van der Waals surface area contributed by atoms with E-state index in [4.69, 9.17) is 23.2 Å². The molecule has 0 bridgehead atoms. The monoisotopic (exact) mass is 474 g/mol. The fourth-order valence-electron chi connectivity index (χ4n) is 3.30. The second kappa shape index (κ2) is 11.5. The number of likely N-dealkylation sites (N-methyl/N-ethyl adjacent to an activating group) is 1. The van der Waals surface area contributed by atoms with E-state index in [2.05, 4.69) is 18.0 Å². The number of hydrogen-bond donors (Lipinski definition) is 1. The van der Waals surface area contributed by atoms with Gasteiger partial charge < -0.3 is 15.1 Å². The molecule has 0 saturated carbocycles. The van der Waals surface area contributed by atoms with Gasteiger partial charge in [-0.05, 0) is 37.6 Å². The number of hydrogen-bond acceptors (Lipinski definition) is 4. The molecule has 7 nitrogen and oxygen atoms in total. The van der Waals surface area contributed by atoms with Crippen molar-refractivity contribution in [1.29, 1.82) is 5.26 Å². The first-order valence-corrected chi connectivity index (χ1v) is 10.6. The van der Waals surface area contributed by atoms with Crippen molar-refractivity contribution >= 4 is 40.9 Å². The first-order chi connectivity index (χ1) is 15.2. The minimum Gasteiger partial charge on any atom is -0.332 e. The lowest BCUT2D eigenvalue weighted by Gasteiger charge is -2.24. The van der Waals surface area contributed by atoms with Crippen molar-refractivity contribution in [3.05, 3.63) is 70.4 Å². The molecule has 0 radical (unpaired) electrons. The molecule has 2 atom stereocenters. The predicted octanol–water partition coefficient (Wildman–Crippen LogP) is 3.57. The summed E-state index contributed by atoms with van der Waals surface area (Å²) < 4.78 is 0. The van der Waals surface area contributed by atoms with E-state index in [0.29, 0.717) is 15.7 Å². The Bertz CT molecular complexity index is 993. The normalized spacial score (nSPS) is 18.3. The maximum Gasteiger partial charge on any atom is 0.254 e. The van der Waals surface area contributed by atoms with Crippen molar-refractivity contribution in [2.45, 2.75) is 19.4 Å². The van der Waals surface area contributed by atoms with Crippen LogP contribution in [0.25, 0.3) is 0 Å². The number of allylic oxidation sites excluding steroid dienone is 5. The van der Waals surface area contributed by atoms with Crippen LogP contribution in [-0.2, 0) is 9.59 Å². The number of benzene rings is 1. The molecule has 0 aromatic heterocycles. The Kier molecular flexibility index (Phi) is 9.06. The van der Waals surface area contributed by atoms with E-state index in [1.807, 2.05) is 0 Å². The third-order valence-electron chi connectivity index (χ3n) is 4.88. The molecular formula is C23H24Cl2N4O3. The van der Waals surface area contributed by atoms with E-state index in [1.165, 1.54) is 35.0 Å². The Morgan fingerprint density at radius 2 is 1.94 bits per heavy atom. The number of carbonyl (C=O) groups excluding carboxylic acids is 3. The summed E-state index contributed by atoms with van der Waals surface area (Å²) in [5, 5.41) is 12.9. The van der Waals surface area contributed by atoms with Gasteiger partial charge in [-0.3, -0.25) is 14.4 Å². The van der Waals surface area contributed by atoms with Crippen LogP contribution in [0.15, 0.2) is 54.8 Å². The maximum atomic E-state index is 12.8. The smallest absolute Gasteiger partial charge is 0.254 e. The van der Waals surface area contributed by atoms with Crippen molar-refractivity contribution in [1.82, 2.24) is 15.1 Å². The van der Waals surface area contributed by atoms with E-state index in [-0.39, 0.29) is 31.0 Å². The average Bonchev–Trinajstić information content (AvgIpc) is 3.17. The molecule has 168 valence electrons. The Labute approximate surface area is 197 Å². The Morgan fingerprint density at radius 3 is 2.53 bits per heavy atom. The maximum absolute atomic E-state index is 12.8. The second-order valence-electron chi connectivity index (χ2n) is 7.40. The molecule has 1 heterocycles. The SMILES string of the molecule is C=C/C=C\C=C(/C)NC(=O)C1CC(C#N)N(C(=O)CN(C)C(=O)c2cc(Cl)cc(Cl)c2)C1. The van der Waals surface area contributed by atoms with Crippen LogP contribution >= 0.6 is 23.2 Å². The average molecular weight is 475 g/mol. The minimum atomic E-state index is -0.743. The van der Waals surface area contributed by atoms with Crippen molar-refractivity contribution in [2.24, 2.45) is 5.92 Å². The number of rotatable bonds is 7. The summed E-state index contributed by atoms with van der Waals surface area (Å²) in [4.78, 5) is 40.6. The summed E-state index contributed by atoms with van der Waals surface area (Å²) in [7, 11) is 1.47. The molecule has 1 aliphatic rings. The number of nitriles is 1. The van der Waals surface area contributed by atoms with Crippen molar-refractivity contribution < 1.29 is 14.4 Å². The summed E-state index contributed by atoms with van der Waals surface area (Å²) in [5.41, 5.74) is 0.887. The topological polar surface area (TPSA) is 93.5 Å². The summed E-state index contributed by atoms with van der Waals surface area (Å²) >= 11 is 11.9. The van der Waals surface area contributed by atoms with Crippen LogP contribution in [0.2, 0.25) is 10.0 Å². The lowest BCUT2D eigenvalue weighted by Crippen LogP contribution is -2.43. The summed E-state index contributed by atoms with van der Waals surface area (Å²) in [6, 6.07) is 5.76. The highest BCUT2D eigenvalue weighted by molar-refractivity contribution is 6.35. The molecule has 0 aliphatic carbocycles. The Morgan fingerprint density at radius 1 is 1.28 bits per heavy atom. The van der Waals surface area contributed by atoms with E-state index < -0.39 is 23.8 Å². The number of likely N-dealkylation sites (tertiary alicyclic amines) is 1. The van der Waals surface area contributed by atoms with Gasteiger partial charge in [-0.15, -0.1) is 0 Å². The van der Waals surface area contributed by atoms with Gasteiger partial charge in [0.2, 0.25) is 11.8 Å². The minimum absolute atomic E-state index is 0.101. The first kappa shape index (κ1) is 25.2. The molecule has 3 amide bonds. The fraction of sp³-hybridized carbons (Fsp3) is 0.304. The molecule has 2 unspecified atom stereocenters. The standard InChI is InChI=1S/C23H24Cl2N4O3/c1-4-5-6-7-15(2)27-22(31)17-10-20(12-26)29(13-17)21(30)14-28(3)23(32)16-8-18(24)11-19(25)9-16/h4-9,11,17,20H,1,10,13-14H2,2-3H3,(H,27,31)/b6-5-,15-7+. The van der Waals surface area contributed by atoms with Crippen LogP contribution in [0.4, 0.5) is 0 Å². The van der Waals surface area contributed by atoms with Gasteiger partial charge in [0.05, 0.1) is 18.5 Å². The summed E-state index contributed by atoms with van der Waals surface area (Å²) in [5.74, 6) is -1.64. The van der Waals surface area contributed by atoms with Crippen LogP contribution < -0.4 is 5.32 Å². The highest BCUT2D eigenvalue weighted by atomic mass is 35.5. The Balaban J connectivity index is 2.03. The second-order valence-corrected chi connectivity index (χ2v) is 8.28. The number of carbonyl (C=O) groups is 3. The molecule has 1 saturated heterocycles. The summed E-state index contributed by atoms with van der Waals surface area (Å²) in [6.07, 6.45) is 7.04. The van der Waals surface area contributed by atoms with Gasteiger partial charge in [0.25, 0.3) is 5.91 Å². The van der Waals surface area contributed by atoms with E-state index in [9.17, 15) is 19.6 Å². The summed E-state index contributed by atoms with van der Waals surface area (Å²) in [6.45, 7) is 5.17. The zero-order valence-electron chi connectivity index (χ0n) is 17.8. The van der Waals surface area contributed by atoms with Crippen LogP contribution in [0.3, 0.4) is 0 Å². The van der Waals surface area contributed by atoms with Crippen molar-refractivity contribution in [2.75, 3.05) is 20.1 Å². The predicted molar refractivity (Wildman–Crippen MR) is 124 cm³/mol. The van der Waals surface area contributed by atoms with E-state index in [0.717, 1.165) is 0 Å². The number of halogens is 2. The molecule has 1 aromatic rings. The lowest BCUT2D eigenvalue weighted by atomic mass is 10.1. The first-order valence-electron chi connectivity index (χ1n) is 9.83. The fourth-order valence-corrected chi connectivity index (χ4v) is 3.83. The van der Waals surface area contributed by atoms with E-state index >= 15 is 0 Å². The lowest BCUT2D eigenvalue weighted by molar-refractivity contribution is -0.132. The van der Waals surface area contributed by atoms with Crippen LogP contribution in [-0.4, -0.2) is 53.7 Å². The van der Waals surface area contributed by atoms with Gasteiger partial charge in [0, 0.05) is 34.9 Å². The largest absolute Gasteiger partial charge is 0.332 e. The molecule has 1 N–H and O–H groups in total.